The highest BCUT2D eigenvalue weighted by molar-refractivity contribution is 7.80. The molecule has 0 saturated heterocycles. The Morgan fingerprint density at radius 2 is 1.67 bits per heavy atom. The van der Waals surface area contributed by atoms with Gasteiger partial charge >= 0.3 is 5.97 Å². The van der Waals surface area contributed by atoms with Crippen LogP contribution in [0.5, 0.6) is 11.5 Å². The lowest BCUT2D eigenvalue weighted by atomic mass is 10.2. The Balaban J connectivity index is 2.13. The maximum Gasteiger partial charge on any atom is 0.339 e. The predicted molar refractivity (Wildman–Crippen MR) is 97.2 cm³/mol. The minimum atomic E-state index is -0.438. The average molecular weight is 346 g/mol. The number of thiocarbonyl (C=S) groups is 1. The molecule has 2 aromatic rings. The molecule has 0 spiro atoms. The summed E-state index contributed by atoms with van der Waals surface area (Å²) in [7, 11) is 4.46. The molecule has 2 rings (SSSR count). The maximum absolute atomic E-state index is 11.8. The number of anilines is 2. The summed E-state index contributed by atoms with van der Waals surface area (Å²) in [6.07, 6.45) is 0. The van der Waals surface area contributed by atoms with Crippen LogP contribution >= 0.6 is 12.2 Å². The number of nitrogens with one attached hydrogen (secondary N) is 2. The van der Waals surface area contributed by atoms with E-state index in [0.29, 0.717) is 27.9 Å². The summed E-state index contributed by atoms with van der Waals surface area (Å²) < 4.78 is 15.2. The van der Waals surface area contributed by atoms with Gasteiger partial charge < -0.3 is 24.8 Å². The van der Waals surface area contributed by atoms with Gasteiger partial charge in [-0.3, -0.25) is 0 Å². The number of hydrogen-bond donors (Lipinski definition) is 2. The lowest BCUT2D eigenvalue weighted by Gasteiger charge is -2.14. The second-order valence-corrected chi connectivity index (χ2v) is 5.09. The molecule has 7 heteroatoms. The summed E-state index contributed by atoms with van der Waals surface area (Å²) in [6, 6.07) is 12.3. The fourth-order valence-electron chi connectivity index (χ4n) is 2.08. The summed E-state index contributed by atoms with van der Waals surface area (Å²) in [4.78, 5) is 11.8. The molecule has 2 N–H and O–H groups in total. The molecule has 0 saturated carbocycles. The van der Waals surface area contributed by atoms with Gasteiger partial charge in [0.1, 0.15) is 0 Å². The first-order valence-electron chi connectivity index (χ1n) is 7.06. The van der Waals surface area contributed by atoms with Crippen molar-refractivity contribution < 1.29 is 19.0 Å². The van der Waals surface area contributed by atoms with E-state index in [2.05, 4.69) is 10.6 Å². The lowest BCUT2D eigenvalue weighted by molar-refractivity contribution is 0.0602. The lowest BCUT2D eigenvalue weighted by Crippen LogP contribution is -2.21. The molecule has 0 aliphatic carbocycles. The van der Waals surface area contributed by atoms with Crippen LogP contribution in [0.25, 0.3) is 0 Å². The third-order valence-electron chi connectivity index (χ3n) is 3.22. The van der Waals surface area contributed by atoms with Crippen molar-refractivity contribution in [3.05, 3.63) is 48.0 Å². The molecule has 0 aromatic heterocycles. The second kappa shape index (κ2) is 8.16. The first-order valence-corrected chi connectivity index (χ1v) is 7.47. The summed E-state index contributed by atoms with van der Waals surface area (Å²) in [5.41, 5.74) is 1.68. The SMILES string of the molecule is COC(=O)c1ccccc1NC(=S)Nc1ccc(OC)c(OC)c1. The molecule has 0 atom stereocenters. The molecule has 6 nitrogen and oxygen atoms in total. The largest absolute Gasteiger partial charge is 0.493 e. The topological polar surface area (TPSA) is 68.8 Å². The van der Waals surface area contributed by atoms with E-state index in [4.69, 9.17) is 26.4 Å². The summed E-state index contributed by atoms with van der Waals surface area (Å²) >= 11 is 5.29. The zero-order valence-electron chi connectivity index (χ0n) is 13.6. The van der Waals surface area contributed by atoms with Crippen molar-refractivity contribution in [1.82, 2.24) is 0 Å². The van der Waals surface area contributed by atoms with Crippen LogP contribution in [0.15, 0.2) is 42.5 Å². The quantitative estimate of drug-likeness (QED) is 0.636. The van der Waals surface area contributed by atoms with Crippen LogP contribution in [0, 0.1) is 0 Å². The molecule has 126 valence electrons. The minimum absolute atomic E-state index is 0.332. The van der Waals surface area contributed by atoms with E-state index in [9.17, 15) is 4.79 Å². The Labute approximate surface area is 145 Å². The van der Waals surface area contributed by atoms with Gasteiger partial charge in [-0.15, -0.1) is 0 Å². The number of hydrogen-bond acceptors (Lipinski definition) is 5. The van der Waals surface area contributed by atoms with Gasteiger partial charge in [0.2, 0.25) is 0 Å². The standard InChI is InChI=1S/C17H18N2O4S/c1-21-14-9-8-11(10-15(14)22-2)18-17(24)19-13-7-5-4-6-12(13)16(20)23-3/h4-10H,1-3H3,(H2,18,19,24). The number of rotatable bonds is 5. The Morgan fingerprint density at radius 1 is 0.958 bits per heavy atom. The fraction of sp³-hybridized carbons (Fsp3) is 0.176. The highest BCUT2D eigenvalue weighted by Crippen LogP contribution is 2.29. The highest BCUT2D eigenvalue weighted by Gasteiger charge is 2.12. The number of benzene rings is 2. The molecule has 2 aromatic carbocycles. The van der Waals surface area contributed by atoms with Gasteiger partial charge in [0.25, 0.3) is 0 Å². The number of ether oxygens (including phenoxy) is 3. The van der Waals surface area contributed by atoms with Crippen LogP contribution in [0.3, 0.4) is 0 Å². The number of esters is 1. The Hall–Kier alpha value is -2.80. The van der Waals surface area contributed by atoms with E-state index in [1.807, 2.05) is 6.07 Å². The first-order chi connectivity index (χ1) is 11.6. The van der Waals surface area contributed by atoms with Crippen LogP contribution in [0.4, 0.5) is 11.4 Å². The van der Waals surface area contributed by atoms with Gasteiger partial charge in [0, 0.05) is 11.8 Å². The molecular formula is C17H18N2O4S. The number of carbonyl (C=O) groups is 1. The van der Waals surface area contributed by atoms with Gasteiger partial charge in [-0.2, -0.15) is 0 Å². The van der Waals surface area contributed by atoms with E-state index < -0.39 is 5.97 Å². The van der Waals surface area contributed by atoms with Gasteiger partial charge in [0.05, 0.1) is 32.6 Å². The average Bonchev–Trinajstić information content (AvgIpc) is 2.61. The smallest absolute Gasteiger partial charge is 0.339 e. The van der Waals surface area contributed by atoms with Crippen molar-refractivity contribution in [2.45, 2.75) is 0 Å². The zero-order chi connectivity index (χ0) is 17.5. The van der Waals surface area contributed by atoms with Crippen LogP contribution in [-0.2, 0) is 4.74 Å². The molecular weight excluding hydrogens is 328 g/mol. The normalized spacial score (nSPS) is 9.79. The molecule has 0 amide bonds. The molecule has 24 heavy (non-hydrogen) atoms. The molecule has 0 unspecified atom stereocenters. The highest BCUT2D eigenvalue weighted by atomic mass is 32.1. The predicted octanol–water partition coefficient (Wildman–Crippen LogP) is 3.30. The maximum atomic E-state index is 11.8. The van der Waals surface area contributed by atoms with Gasteiger partial charge in [0.15, 0.2) is 16.6 Å². The first kappa shape index (κ1) is 17.6. The molecule has 0 bridgehead atoms. The molecule has 0 radical (unpaired) electrons. The van der Waals surface area contributed by atoms with Crippen molar-refractivity contribution in [1.29, 1.82) is 0 Å². The van der Waals surface area contributed by atoms with E-state index in [1.165, 1.54) is 7.11 Å². The molecule has 0 fully saturated rings. The molecule has 0 heterocycles. The number of carbonyl (C=O) groups excluding carboxylic acids is 1. The summed E-state index contributed by atoms with van der Waals surface area (Å²) in [5.74, 6) is 0.769. The third kappa shape index (κ3) is 4.14. The van der Waals surface area contributed by atoms with E-state index >= 15 is 0 Å². The van der Waals surface area contributed by atoms with Gasteiger partial charge in [-0.25, -0.2) is 4.79 Å². The fourth-order valence-corrected chi connectivity index (χ4v) is 2.31. The molecule has 0 aliphatic heterocycles. The number of para-hydroxylation sites is 1. The van der Waals surface area contributed by atoms with Crippen LogP contribution in [0.2, 0.25) is 0 Å². The Morgan fingerprint density at radius 3 is 2.33 bits per heavy atom. The van der Waals surface area contributed by atoms with Crippen LogP contribution < -0.4 is 20.1 Å². The summed E-state index contributed by atoms with van der Waals surface area (Å²) in [6.45, 7) is 0. The van der Waals surface area contributed by atoms with Crippen molar-refractivity contribution >= 4 is 34.7 Å². The van der Waals surface area contributed by atoms with Crippen LogP contribution in [0.1, 0.15) is 10.4 Å². The monoisotopic (exact) mass is 346 g/mol. The van der Waals surface area contributed by atoms with E-state index in [0.717, 1.165) is 5.69 Å². The van der Waals surface area contributed by atoms with Gasteiger partial charge in [-0.05, 0) is 36.5 Å². The minimum Gasteiger partial charge on any atom is -0.493 e. The Bertz CT molecular complexity index is 749. The second-order valence-electron chi connectivity index (χ2n) is 4.69. The summed E-state index contributed by atoms with van der Waals surface area (Å²) in [5, 5.41) is 6.35. The van der Waals surface area contributed by atoms with Crippen molar-refractivity contribution in [2.24, 2.45) is 0 Å². The third-order valence-corrected chi connectivity index (χ3v) is 3.43. The molecule has 0 aliphatic rings. The van der Waals surface area contributed by atoms with E-state index in [1.54, 1.807) is 50.6 Å². The van der Waals surface area contributed by atoms with E-state index in [-0.39, 0.29) is 0 Å². The van der Waals surface area contributed by atoms with Crippen LogP contribution in [-0.4, -0.2) is 32.4 Å². The van der Waals surface area contributed by atoms with Crippen molar-refractivity contribution in [3.8, 4) is 11.5 Å². The number of methoxy groups -OCH3 is 3. The zero-order valence-corrected chi connectivity index (χ0v) is 14.4. The Kier molecular flexibility index (Phi) is 5.97. The van der Waals surface area contributed by atoms with Gasteiger partial charge in [-0.1, -0.05) is 12.1 Å². The van der Waals surface area contributed by atoms with Crippen molar-refractivity contribution in [2.75, 3.05) is 32.0 Å². The van der Waals surface area contributed by atoms with Crippen molar-refractivity contribution in [3.63, 3.8) is 0 Å².